The lowest BCUT2D eigenvalue weighted by Gasteiger charge is -2.21. The van der Waals surface area contributed by atoms with Gasteiger partial charge in [-0.25, -0.2) is 0 Å². The zero-order valence-corrected chi connectivity index (χ0v) is 16.9. The Morgan fingerprint density at radius 2 is 1.96 bits per heavy atom. The van der Waals surface area contributed by atoms with Gasteiger partial charge in [-0.1, -0.05) is 24.3 Å². The van der Waals surface area contributed by atoms with E-state index >= 15 is 0 Å². The van der Waals surface area contributed by atoms with Crippen LogP contribution in [0.1, 0.15) is 23.6 Å². The van der Waals surface area contributed by atoms with Gasteiger partial charge >= 0.3 is 0 Å². The maximum Gasteiger partial charge on any atom is 0.210 e. The number of nitrogens with zero attached hydrogens (tertiary/aromatic N) is 1. The van der Waals surface area contributed by atoms with Crippen molar-refractivity contribution in [1.82, 2.24) is 5.32 Å². The van der Waals surface area contributed by atoms with Crippen LogP contribution in [-0.2, 0) is 21.7 Å². The van der Waals surface area contributed by atoms with Crippen molar-refractivity contribution in [2.75, 3.05) is 25.9 Å². The molecule has 0 saturated carbocycles. The molecule has 0 bridgehead atoms. The number of phenols is 1. The monoisotopic (exact) mass is 402 g/mol. The van der Waals surface area contributed by atoms with Crippen molar-refractivity contribution in [3.63, 3.8) is 0 Å². The van der Waals surface area contributed by atoms with Crippen molar-refractivity contribution in [3.8, 4) is 11.8 Å². The van der Waals surface area contributed by atoms with Gasteiger partial charge in [0.1, 0.15) is 5.75 Å². The molecule has 0 fully saturated rings. The van der Waals surface area contributed by atoms with Gasteiger partial charge < -0.3 is 20.1 Å². The summed E-state index contributed by atoms with van der Waals surface area (Å²) in [5.41, 5.74) is 2.48. The Balaban J connectivity index is 1.82. The van der Waals surface area contributed by atoms with Crippen LogP contribution in [0.4, 0.5) is 0 Å². The molecule has 0 aromatic heterocycles. The Hall–Kier alpha value is -2.16. The zero-order chi connectivity index (χ0) is 20.4. The molecular formula is C21H27N2O4P. The molecule has 0 spiro atoms. The second-order valence-electron chi connectivity index (χ2n) is 6.66. The highest BCUT2D eigenvalue weighted by Crippen LogP contribution is 2.50. The van der Waals surface area contributed by atoms with Gasteiger partial charge in [-0.05, 0) is 55.3 Å². The summed E-state index contributed by atoms with van der Waals surface area (Å²) >= 11 is 0. The predicted octanol–water partition coefficient (Wildman–Crippen LogP) is 3.27. The first-order valence-electron chi connectivity index (χ1n) is 9.32. The number of phenolic OH excluding ortho intramolecular Hbond substituents is 1. The first-order chi connectivity index (χ1) is 13.4. The lowest BCUT2D eigenvalue weighted by atomic mass is 10.1. The van der Waals surface area contributed by atoms with Crippen LogP contribution in [0.3, 0.4) is 0 Å². The van der Waals surface area contributed by atoms with E-state index in [0.29, 0.717) is 25.3 Å². The SMILES string of the molecule is CCOP(=O)(Cc1ccc(O)cc1)C[C@@H](O)CNCCc1cccc(C#N)c1. The van der Waals surface area contributed by atoms with Crippen molar-refractivity contribution < 1.29 is 19.3 Å². The summed E-state index contributed by atoms with van der Waals surface area (Å²) in [5.74, 6) is 0.152. The Bertz CT molecular complexity index is 833. The second kappa shape index (κ2) is 11.0. The molecule has 150 valence electrons. The molecule has 0 heterocycles. The molecule has 0 amide bonds. The molecule has 0 aliphatic carbocycles. The number of hydrogen-bond acceptors (Lipinski definition) is 6. The van der Waals surface area contributed by atoms with Gasteiger partial charge in [-0.2, -0.15) is 5.26 Å². The molecule has 7 heteroatoms. The molecule has 0 saturated heterocycles. The molecule has 2 atom stereocenters. The third kappa shape index (κ3) is 7.46. The summed E-state index contributed by atoms with van der Waals surface area (Å²) in [7, 11) is -3.04. The molecule has 2 aromatic rings. The van der Waals surface area contributed by atoms with E-state index in [1.807, 2.05) is 18.2 Å². The summed E-state index contributed by atoms with van der Waals surface area (Å²) in [6, 6.07) is 16.0. The van der Waals surface area contributed by atoms with Crippen LogP contribution in [0.5, 0.6) is 5.75 Å². The number of hydrogen-bond donors (Lipinski definition) is 3. The van der Waals surface area contributed by atoms with Crippen LogP contribution in [0, 0.1) is 11.3 Å². The molecule has 3 N–H and O–H groups in total. The van der Waals surface area contributed by atoms with Crippen molar-refractivity contribution in [2.24, 2.45) is 0 Å². The van der Waals surface area contributed by atoms with Gasteiger partial charge in [0, 0.05) is 12.7 Å². The van der Waals surface area contributed by atoms with Gasteiger partial charge in [-0.15, -0.1) is 0 Å². The first-order valence-corrected chi connectivity index (χ1v) is 11.3. The Kier molecular flexibility index (Phi) is 8.69. The minimum Gasteiger partial charge on any atom is -0.508 e. The topological polar surface area (TPSA) is 103 Å². The number of aromatic hydroxyl groups is 1. The van der Waals surface area contributed by atoms with Crippen molar-refractivity contribution in [2.45, 2.75) is 25.6 Å². The molecule has 0 aliphatic heterocycles. The van der Waals surface area contributed by atoms with Crippen LogP contribution < -0.4 is 5.32 Å². The number of rotatable bonds is 11. The first kappa shape index (κ1) is 22.1. The van der Waals surface area contributed by atoms with E-state index in [1.54, 1.807) is 37.3 Å². The summed E-state index contributed by atoms with van der Waals surface area (Å²) in [6.07, 6.45) is 0.233. The zero-order valence-electron chi connectivity index (χ0n) is 16.0. The van der Waals surface area contributed by atoms with Crippen LogP contribution in [0.25, 0.3) is 0 Å². The Morgan fingerprint density at radius 1 is 1.21 bits per heavy atom. The summed E-state index contributed by atoms with van der Waals surface area (Å²) in [6.45, 7) is 3.04. The Labute approximate surface area is 166 Å². The van der Waals surface area contributed by atoms with Crippen molar-refractivity contribution in [3.05, 3.63) is 65.2 Å². The van der Waals surface area contributed by atoms with E-state index in [4.69, 9.17) is 9.79 Å². The third-order valence-corrected chi connectivity index (χ3v) is 6.79. The normalized spacial score (nSPS) is 14.2. The number of aliphatic hydroxyl groups is 1. The standard InChI is InChI=1S/C21H27N2O4P/c1-2-27-28(26,15-18-6-8-20(24)9-7-18)16-21(25)14-23-11-10-17-4-3-5-19(12-17)13-22/h3-9,12,21,23-25H,2,10-11,14-16H2,1H3/t21-,28?/m0/s1. The second-order valence-corrected chi connectivity index (χ2v) is 9.23. The molecule has 2 aromatic carbocycles. The third-order valence-electron chi connectivity index (χ3n) is 4.24. The average molecular weight is 402 g/mol. The van der Waals surface area contributed by atoms with Crippen molar-refractivity contribution >= 4 is 7.37 Å². The van der Waals surface area contributed by atoms with Crippen LogP contribution in [0.15, 0.2) is 48.5 Å². The van der Waals surface area contributed by atoms with E-state index in [9.17, 15) is 14.8 Å². The quantitative estimate of drug-likeness (QED) is 0.394. The molecule has 0 radical (unpaired) electrons. The van der Waals surface area contributed by atoms with E-state index in [1.165, 1.54) is 0 Å². The number of nitrogens with one attached hydrogen (secondary N) is 1. The Morgan fingerprint density at radius 3 is 2.64 bits per heavy atom. The molecule has 6 nitrogen and oxygen atoms in total. The van der Waals surface area contributed by atoms with Crippen molar-refractivity contribution in [1.29, 1.82) is 5.26 Å². The highest BCUT2D eigenvalue weighted by molar-refractivity contribution is 7.58. The van der Waals surface area contributed by atoms with Gasteiger partial charge in [0.25, 0.3) is 0 Å². The largest absolute Gasteiger partial charge is 0.508 e. The van der Waals surface area contributed by atoms with Crippen LogP contribution in [-0.4, -0.2) is 42.2 Å². The molecular weight excluding hydrogens is 375 g/mol. The molecule has 0 aliphatic rings. The highest BCUT2D eigenvalue weighted by Gasteiger charge is 2.27. The molecule has 2 rings (SSSR count). The lowest BCUT2D eigenvalue weighted by Crippen LogP contribution is -2.31. The smallest absolute Gasteiger partial charge is 0.210 e. The molecule has 28 heavy (non-hydrogen) atoms. The highest BCUT2D eigenvalue weighted by atomic mass is 31.2. The fourth-order valence-corrected chi connectivity index (χ4v) is 5.30. The summed E-state index contributed by atoms with van der Waals surface area (Å²) in [4.78, 5) is 0. The number of nitriles is 1. The predicted molar refractivity (Wildman–Crippen MR) is 110 cm³/mol. The van der Waals surface area contributed by atoms with Gasteiger partial charge in [0.15, 0.2) is 0 Å². The fourth-order valence-electron chi connectivity index (χ4n) is 2.96. The fraction of sp³-hybridized carbons (Fsp3) is 0.381. The summed E-state index contributed by atoms with van der Waals surface area (Å²) < 4.78 is 18.6. The van der Waals surface area contributed by atoms with E-state index in [0.717, 1.165) is 17.5 Å². The minimum absolute atomic E-state index is 0.0681. The maximum absolute atomic E-state index is 13.1. The minimum atomic E-state index is -3.04. The number of aliphatic hydroxyl groups excluding tert-OH is 1. The van der Waals surface area contributed by atoms with E-state index in [-0.39, 0.29) is 18.1 Å². The van der Waals surface area contributed by atoms with E-state index in [2.05, 4.69) is 11.4 Å². The van der Waals surface area contributed by atoms with Crippen LogP contribution in [0.2, 0.25) is 0 Å². The molecule has 1 unspecified atom stereocenters. The maximum atomic E-state index is 13.1. The number of benzene rings is 2. The van der Waals surface area contributed by atoms with Gasteiger partial charge in [-0.3, -0.25) is 4.57 Å². The van der Waals surface area contributed by atoms with Gasteiger partial charge in [0.05, 0.1) is 30.5 Å². The summed E-state index contributed by atoms with van der Waals surface area (Å²) in [5, 5.41) is 31.8. The van der Waals surface area contributed by atoms with Gasteiger partial charge in [0.2, 0.25) is 7.37 Å². The van der Waals surface area contributed by atoms with E-state index < -0.39 is 13.5 Å². The van der Waals surface area contributed by atoms with Crippen LogP contribution >= 0.6 is 7.37 Å². The lowest BCUT2D eigenvalue weighted by molar-refractivity contribution is 0.187. The average Bonchev–Trinajstić information content (AvgIpc) is 2.67.